The van der Waals surface area contributed by atoms with Crippen molar-refractivity contribution in [1.29, 1.82) is 0 Å². The summed E-state index contributed by atoms with van der Waals surface area (Å²) >= 11 is 0. The normalized spacial score (nSPS) is 9.93. The quantitative estimate of drug-likeness (QED) is 0.693. The molecule has 0 aliphatic rings. The molecule has 0 amide bonds. The van der Waals surface area contributed by atoms with Crippen molar-refractivity contribution in [3.8, 4) is 0 Å². The number of benzene rings is 1. The van der Waals surface area contributed by atoms with E-state index in [1.54, 1.807) is 12.3 Å². The topological polar surface area (TPSA) is 42.9 Å². The Kier molecular flexibility index (Phi) is 2.54. The molecule has 1 heterocycles. The lowest BCUT2D eigenvalue weighted by atomic mass is 10.0. The molecule has 1 aromatic carbocycles. The third-order valence-electron chi connectivity index (χ3n) is 2.19. The molecule has 2 aromatic rings. The molecule has 74 valence electrons. The van der Waals surface area contributed by atoms with Gasteiger partial charge in [0.1, 0.15) is 5.69 Å². The molecule has 3 heteroatoms. The van der Waals surface area contributed by atoms with Crippen LogP contribution in [0.4, 0.5) is 0 Å². The molecule has 2 rings (SSSR count). The van der Waals surface area contributed by atoms with Gasteiger partial charge in [0.05, 0.1) is 6.20 Å². The van der Waals surface area contributed by atoms with Crippen molar-refractivity contribution in [2.45, 2.75) is 6.92 Å². The molecule has 0 bridgehead atoms. The van der Waals surface area contributed by atoms with Crippen LogP contribution in [0.5, 0.6) is 0 Å². The average molecular weight is 198 g/mol. The minimum atomic E-state index is -0.0822. The first-order valence-corrected chi connectivity index (χ1v) is 4.65. The SMILES string of the molecule is Cc1ccccc1C(=O)c1cnccn1. The average Bonchev–Trinajstić information content (AvgIpc) is 2.30. The number of aromatic nitrogens is 2. The molecule has 0 saturated heterocycles. The number of carbonyl (C=O) groups excluding carboxylic acids is 1. The van der Waals surface area contributed by atoms with Crippen molar-refractivity contribution in [3.63, 3.8) is 0 Å². The van der Waals surface area contributed by atoms with E-state index in [-0.39, 0.29) is 5.78 Å². The standard InChI is InChI=1S/C12H10N2O/c1-9-4-2-3-5-10(9)12(15)11-8-13-6-7-14-11/h2-8H,1H3. The molecule has 0 radical (unpaired) electrons. The number of hydrogen-bond acceptors (Lipinski definition) is 3. The van der Waals surface area contributed by atoms with E-state index in [4.69, 9.17) is 0 Å². The first-order valence-electron chi connectivity index (χ1n) is 4.65. The van der Waals surface area contributed by atoms with Gasteiger partial charge >= 0.3 is 0 Å². The Balaban J connectivity index is 2.42. The number of rotatable bonds is 2. The molecule has 0 atom stereocenters. The van der Waals surface area contributed by atoms with E-state index in [2.05, 4.69) is 9.97 Å². The van der Waals surface area contributed by atoms with Gasteiger partial charge in [-0.25, -0.2) is 4.98 Å². The molecule has 0 aliphatic heterocycles. The molecule has 0 unspecified atom stereocenters. The summed E-state index contributed by atoms with van der Waals surface area (Å²) in [5, 5.41) is 0. The zero-order chi connectivity index (χ0) is 10.7. The van der Waals surface area contributed by atoms with Gasteiger partial charge in [-0.1, -0.05) is 24.3 Å². The van der Waals surface area contributed by atoms with E-state index in [9.17, 15) is 4.79 Å². The Hall–Kier alpha value is -2.03. The zero-order valence-corrected chi connectivity index (χ0v) is 8.34. The smallest absolute Gasteiger partial charge is 0.213 e. The third kappa shape index (κ3) is 1.91. The highest BCUT2D eigenvalue weighted by Gasteiger charge is 2.11. The van der Waals surface area contributed by atoms with E-state index in [0.29, 0.717) is 11.3 Å². The minimum absolute atomic E-state index is 0.0822. The van der Waals surface area contributed by atoms with Gasteiger partial charge in [0.25, 0.3) is 0 Å². The predicted octanol–water partition coefficient (Wildman–Crippen LogP) is 2.02. The summed E-state index contributed by atoms with van der Waals surface area (Å²) in [6.45, 7) is 1.91. The van der Waals surface area contributed by atoms with Gasteiger partial charge in [0, 0.05) is 18.0 Å². The molecular formula is C12H10N2O. The second-order valence-electron chi connectivity index (χ2n) is 3.23. The molecule has 3 nitrogen and oxygen atoms in total. The van der Waals surface area contributed by atoms with Gasteiger partial charge < -0.3 is 0 Å². The highest BCUT2D eigenvalue weighted by Crippen LogP contribution is 2.11. The van der Waals surface area contributed by atoms with E-state index in [0.717, 1.165) is 5.56 Å². The number of carbonyl (C=O) groups is 1. The van der Waals surface area contributed by atoms with E-state index in [1.165, 1.54) is 12.4 Å². The first kappa shape index (κ1) is 9.52. The highest BCUT2D eigenvalue weighted by atomic mass is 16.1. The number of aryl methyl sites for hydroxylation is 1. The van der Waals surface area contributed by atoms with Crippen molar-refractivity contribution >= 4 is 5.78 Å². The Morgan fingerprint density at radius 3 is 2.67 bits per heavy atom. The Bertz CT molecular complexity index is 480. The van der Waals surface area contributed by atoms with E-state index in [1.807, 2.05) is 25.1 Å². The van der Waals surface area contributed by atoms with Crippen LogP contribution < -0.4 is 0 Å². The van der Waals surface area contributed by atoms with Crippen LogP contribution in [-0.4, -0.2) is 15.8 Å². The maximum Gasteiger partial charge on any atom is 0.213 e. The summed E-state index contributed by atoms with van der Waals surface area (Å²) in [6, 6.07) is 7.45. The van der Waals surface area contributed by atoms with Gasteiger partial charge in [-0.05, 0) is 12.5 Å². The summed E-state index contributed by atoms with van der Waals surface area (Å²) in [7, 11) is 0. The Morgan fingerprint density at radius 1 is 1.20 bits per heavy atom. The van der Waals surface area contributed by atoms with Crippen molar-refractivity contribution in [2.75, 3.05) is 0 Å². The second kappa shape index (κ2) is 4.00. The molecule has 1 aromatic heterocycles. The van der Waals surface area contributed by atoms with Crippen molar-refractivity contribution in [3.05, 3.63) is 59.7 Å². The number of nitrogens with zero attached hydrogens (tertiary/aromatic N) is 2. The summed E-state index contributed by atoms with van der Waals surface area (Å²) < 4.78 is 0. The fourth-order valence-corrected chi connectivity index (χ4v) is 1.38. The fraction of sp³-hybridized carbons (Fsp3) is 0.0833. The van der Waals surface area contributed by atoms with Crippen LogP contribution in [0.2, 0.25) is 0 Å². The first-order chi connectivity index (χ1) is 7.29. The molecular weight excluding hydrogens is 188 g/mol. The van der Waals surface area contributed by atoms with E-state index < -0.39 is 0 Å². The highest BCUT2D eigenvalue weighted by molar-refractivity contribution is 6.08. The van der Waals surface area contributed by atoms with Crippen LogP contribution in [0, 0.1) is 6.92 Å². The van der Waals surface area contributed by atoms with Gasteiger partial charge in [0.15, 0.2) is 0 Å². The third-order valence-corrected chi connectivity index (χ3v) is 2.19. The zero-order valence-electron chi connectivity index (χ0n) is 8.34. The summed E-state index contributed by atoms with van der Waals surface area (Å²) in [5.41, 5.74) is 2.01. The summed E-state index contributed by atoms with van der Waals surface area (Å²) in [5.74, 6) is -0.0822. The van der Waals surface area contributed by atoms with Gasteiger partial charge in [-0.15, -0.1) is 0 Å². The van der Waals surface area contributed by atoms with Crippen molar-refractivity contribution in [1.82, 2.24) is 9.97 Å². The predicted molar refractivity (Wildman–Crippen MR) is 56.6 cm³/mol. The lowest BCUT2D eigenvalue weighted by molar-refractivity contribution is 0.103. The molecule has 0 aliphatic carbocycles. The lowest BCUT2D eigenvalue weighted by Gasteiger charge is -2.02. The molecule has 0 saturated carbocycles. The van der Waals surface area contributed by atoms with E-state index >= 15 is 0 Å². The minimum Gasteiger partial charge on any atom is -0.287 e. The molecule has 0 N–H and O–H groups in total. The van der Waals surface area contributed by atoms with Crippen molar-refractivity contribution in [2.24, 2.45) is 0 Å². The van der Waals surface area contributed by atoms with Gasteiger partial charge in [-0.3, -0.25) is 9.78 Å². The Morgan fingerprint density at radius 2 is 2.00 bits per heavy atom. The van der Waals surface area contributed by atoms with Crippen LogP contribution in [-0.2, 0) is 0 Å². The van der Waals surface area contributed by atoms with Crippen LogP contribution in [0.3, 0.4) is 0 Å². The maximum absolute atomic E-state index is 12.0. The van der Waals surface area contributed by atoms with Crippen LogP contribution >= 0.6 is 0 Å². The summed E-state index contributed by atoms with van der Waals surface area (Å²) in [4.78, 5) is 19.8. The molecule has 15 heavy (non-hydrogen) atoms. The number of hydrogen-bond donors (Lipinski definition) is 0. The second-order valence-corrected chi connectivity index (χ2v) is 3.23. The molecule has 0 spiro atoms. The summed E-state index contributed by atoms with van der Waals surface area (Å²) in [6.07, 6.45) is 4.55. The van der Waals surface area contributed by atoms with Crippen LogP contribution in [0.1, 0.15) is 21.6 Å². The Labute approximate surface area is 87.8 Å². The van der Waals surface area contributed by atoms with Crippen molar-refractivity contribution < 1.29 is 4.79 Å². The van der Waals surface area contributed by atoms with Gasteiger partial charge in [0.2, 0.25) is 5.78 Å². The van der Waals surface area contributed by atoms with Crippen LogP contribution in [0.15, 0.2) is 42.9 Å². The molecule has 0 fully saturated rings. The lowest BCUT2D eigenvalue weighted by Crippen LogP contribution is -2.05. The maximum atomic E-state index is 12.0. The largest absolute Gasteiger partial charge is 0.287 e. The fourth-order valence-electron chi connectivity index (χ4n) is 1.38. The van der Waals surface area contributed by atoms with Gasteiger partial charge in [-0.2, -0.15) is 0 Å². The van der Waals surface area contributed by atoms with Crippen LogP contribution in [0.25, 0.3) is 0 Å². The number of ketones is 1. The monoisotopic (exact) mass is 198 g/mol.